The first-order valence-corrected chi connectivity index (χ1v) is 5.28. The topological polar surface area (TPSA) is 115 Å². The van der Waals surface area contributed by atoms with Gasteiger partial charge < -0.3 is 26.4 Å². The van der Waals surface area contributed by atoms with Crippen molar-refractivity contribution in [3.8, 4) is 0 Å². The molecule has 0 aromatic rings. The second-order valence-electron chi connectivity index (χ2n) is 3.65. The molecule has 0 aliphatic carbocycles. The smallest absolute Gasteiger partial charge is 0.222 e. The fraction of sp³-hybridized carbons (Fsp3) is 0.700. The first-order valence-electron chi connectivity index (χ1n) is 5.28. The summed E-state index contributed by atoms with van der Waals surface area (Å²) in [5, 5.41) is 2.63. The van der Waals surface area contributed by atoms with Crippen LogP contribution in [0.3, 0.4) is 0 Å². The summed E-state index contributed by atoms with van der Waals surface area (Å²) in [6, 6.07) is -1.15. The van der Waals surface area contributed by atoms with Crippen molar-refractivity contribution in [2.24, 2.45) is 11.5 Å². The van der Waals surface area contributed by atoms with Crippen LogP contribution in [-0.2, 0) is 14.4 Å². The lowest BCUT2D eigenvalue weighted by molar-refractivity contribution is -0.123. The Kier molecular flexibility index (Phi) is 8.28. The van der Waals surface area contributed by atoms with E-state index in [-0.39, 0.29) is 12.3 Å². The third-order valence-electron chi connectivity index (χ3n) is 2.06. The van der Waals surface area contributed by atoms with E-state index in [0.717, 1.165) is 12.8 Å². The predicted octanol–water partition coefficient (Wildman–Crippen LogP) is -1.28. The first-order chi connectivity index (χ1) is 7.60. The largest absolute Gasteiger partial charge is 0.356 e. The first kappa shape index (κ1) is 14.7. The van der Waals surface area contributed by atoms with E-state index in [4.69, 9.17) is 11.5 Å². The molecule has 0 aromatic heterocycles. The lowest BCUT2D eigenvalue weighted by Gasteiger charge is -2.07. The van der Waals surface area contributed by atoms with Gasteiger partial charge >= 0.3 is 0 Å². The van der Waals surface area contributed by atoms with E-state index in [0.29, 0.717) is 25.5 Å². The van der Waals surface area contributed by atoms with Crippen LogP contribution in [0.5, 0.6) is 0 Å². The normalized spacial score (nSPS) is 13.9. The Morgan fingerprint density at radius 2 is 1.75 bits per heavy atom. The van der Waals surface area contributed by atoms with Gasteiger partial charge in [-0.2, -0.15) is 0 Å². The summed E-state index contributed by atoms with van der Waals surface area (Å²) in [7, 11) is 0. The molecule has 0 unspecified atom stereocenters. The highest BCUT2D eigenvalue weighted by Crippen LogP contribution is 1.96. The molecule has 6 nitrogen and oxygen atoms in total. The molecule has 0 radical (unpaired) electrons. The molecular weight excluding hydrogens is 210 g/mol. The van der Waals surface area contributed by atoms with Crippen LogP contribution in [-0.4, -0.2) is 37.1 Å². The molecule has 0 spiro atoms. The molecule has 16 heavy (non-hydrogen) atoms. The molecule has 6 heteroatoms. The van der Waals surface area contributed by atoms with Gasteiger partial charge in [0.15, 0.2) is 0 Å². The number of amides is 1. The van der Waals surface area contributed by atoms with E-state index < -0.39 is 12.1 Å². The number of rotatable bonds is 9. The van der Waals surface area contributed by atoms with Gasteiger partial charge in [0, 0.05) is 13.0 Å². The third kappa shape index (κ3) is 8.07. The van der Waals surface area contributed by atoms with Crippen LogP contribution >= 0.6 is 0 Å². The minimum Gasteiger partial charge on any atom is -0.356 e. The average molecular weight is 229 g/mol. The molecule has 0 heterocycles. The number of carbonyl (C=O) groups is 3. The van der Waals surface area contributed by atoms with Crippen molar-refractivity contribution in [3.63, 3.8) is 0 Å². The number of aldehydes is 2. The fourth-order valence-electron chi connectivity index (χ4n) is 1.14. The lowest BCUT2D eigenvalue weighted by atomic mass is 10.1. The van der Waals surface area contributed by atoms with Crippen molar-refractivity contribution in [1.29, 1.82) is 0 Å². The maximum absolute atomic E-state index is 11.1. The minimum absolute atomic E-state index is 0.0113. The number of hydrogen-bond donors (Lipinski definition) is 3. The van der Waals surface area contributed by atoms with Gasteiger partial charge in [0.2, 0.25) is 5.91 Å². The molecule has 0 saturated carbocycles. The number of unbranched alkanes of at least 4 members (excludes halogenated alkanes) is 1. The molecule has 0 aliphatic heterocycles. The summed E-state index contributed by atoms with van der Waals surface area (Å²) in [5.41, 5.74) is 10.7. The summed E-state index contributed by atoms with van der Waals surface area (Å²) >= 11 is 0. The predicted molar refractivity (Wildman–Crippen MR) is 59.6 cm³/mol. The van der Waals surface area contributed by atoms with Gasteiger partial charge in [-0.3, -0.25) is 4.79 Å². The van der Waals surface area contributed by atoms with Crippen LogP contribution < -0.4 is 16.8 Å². The van der Waals surface area contributed by atoms with Crippen molar-refractivity contribution in [2.45, 2.75) is 37.8 Å². The quantitative estimate of drug-likeness (QED) is 0.336. The highest BCUT2D eigenvalue weighted by molar-refractivity contribution is 5.80. The van der Waals surface area contributed by atoms with Gasteiger partial charge in [-0.25, -0.2) is 0 Å². The Morgan fingerprint density at radius 1 is 1.12 bits per heavy atom. The number of hydrogen-bond acceptors (Lipinski definition) is 5. The zero-order valence-electron chi connectivity index (χ0n) is 9.22. The van der Waals surface area contributed by atoms with Gasteiger partial charge in [-0.1, -0.05) is 0 Å². The van der Waals surface area contributed by atoms with Crippen molar-refractivity contribution in [1.82, 2.24) is 5.32 Å². The highest BCUT2D eigenvalue weighted by Gasteiger charge is 2.07. The van der Waals surface area contributed by atoms with E-state index in [9.17, 15) is 14.4 Å². The van der Waals surface area contributed by atoms with E-state index in [2.05, 4.69) is 5.32 Å². The van der Waals surface area contributed by atoms with Gasteiger partial charge in [-0.05, 0) is 19.3 Å². The third-order valence-corrected chi connectivity index (χ3v) is 2.06. The SMILES string of the molecule is N[C@H](C=O)CCCCNC(=O)C[C@H](N)C=O. The fourth-order valence-corrected chi connectivity index (χ4v) is 1.14. The Balaban J connectivity index is 3.41. The molecule has 2 atom stereocenters. The molecule has 1 amide bonds. The molecular formula is C10H19N3O3. The maximum Gasteiger partial charge on any atom is 0.222 e. The molecule has 0 rings (SSSR count). The van der Waals surface area contributed by atoms with E-state index in [1.165, 1.54) is 0 Å². The van der Waals surface area contributed by atoms with Gasteiger partial charge in [0.05, 0.1) is 12.1 Å². The maximum atomic E-state index is 11.1. The van der Waals surface area contributed by atoms with Gasteiger partial charge in [-0.15, -0.1) is 0 Å². The Hall–Kier alpha value is -1.27. The van der Waals surface area contributed by atoms with Crippen LogP contribution in [0, 0.1) is 0 Å². The van der Waals surface area contributed by atoms with Gasteiger partial charge in [0.1, 0.15) is 12.6 Å². The highest BCUT2D eigenvalue weighted by atomic mass is 16.2. The summed E-state index contributed by atoms with van der Waals surface area (Å²) in [6.45, 7) is 0.510. The Morgan fingerprint density at radius 3 is 2.31 bits per heavy atom. The summed E-state index contributed by atoms with van der Waals surface area (Å²) in [4.78, 5) is 31.5. The van der Waals surface area contributed by atoms with Crippen molar-refractivity contribution >= 4 is 18.5 Å². The van der Waals surface area contributed by atoms with Crippen molar-refractivity contribution in [2.75, 3.05) is 6.54 Å². The molecule has 0 fully saturated rings. The van der Waals surface area contributed by atoms with E-state index >= 15 is 0 Å². The molecule has 0 saturated heterocycles. The van der Waals surface area contributed by atoms with E-state index in [1.807, 2.05) is 0 Å². The van der Waals surface area contributed by atoms with Crippen LogP contribution in [0.2, 0.25) is 0 Å². The standard InChI is InChI=1S/C10H19N3O3/c11-8(6-14)3-1-2-4-13-10(16)5-9(12)7-15/h6-9H,1-5,11-12H2,(H,13,16)/t8-,9-/m0/s1. The summed E-state index contributed by atoms with van der Waals surface area (Å²) in [6.07, 6.45) is 3.42. The number of carbonyl (C=O) groups excluding carboxylic acids is 3. The monoisotopic (exact) mass is 229 g/mol. The van der Waals surface area contributed by atoms with E-state index in [1.54, 1.807) is 0 Å². The molecule has 0 aliphatic rings. The molecule has 0 bridgehead atoms. The second-order valence-corrected chi connectivity index (χ2v) is 3.65. The summed E-state index contributed by atoms with van der Waals surface area (Å²) in [5.74, 6) is -0.237. The number of nitrogens with one attached hydrogen (secondary N) is 1. The Labute approximate surface area is 94.7 Å². The van der Waals surface area contributed by atoms with Crippen LogP contribution in [0.25, 0.3) is 0 Å². The van der Waals surface area contributed by atoms with Crippen LogP contribution in [0.15, 0.2) is 0 Å². The summed E-state index contributed by atoms with van der Waals surface area (Å²) < 4.78 is 0. The molecule has 92 valence electrons. The molecule has 0 aromatic carbocycles. The van der Waals surface area contributed by atoms with Gasteiger partial charge in [0.25, 0.3) is 0 Å². The van der Waals surface area contributed by atoms with Crippen LogP contribution in [0.4, 0.5) is 0 Å². The zero-order valence-corrected chi connectivity index (χ0v) is 9.22. The lowest BCUT2D eigenvalue weighted by Crippen LogP contribution is -2.33. The second kappa shape index (κ2) is 8.99. The number of nitrogens with two attached hydrogens (primary N) is 2. The zero-order chi connectivity index (χ0) is 12.4. The average Bonchev–Trinajstić information content (AvgIpc) is 2.27. The molecule has 5 N–H and O–H groups in total. The van der Waals surface area contributed by atoms with Crippen molar-refractivity contribution < 1.29 is 14.4 Å². The van der Waals surface area contributed by atoms with Crippen molar-refractivity contribution in [3.05, 3.63) is 0 Å². The minimum atomic E-state index is -0.733. The Bertz CT molecular complexity index is 233. The van der Waals surface area contributed by atoms with Crippen LogP contribution in [0.1, 0.15) is 25.7 Å².